The molecule has 37 heavy (non-hydrogen) atoms. The highest BCUT2D eigenvalue weighted by atomic mass is 17.0. The van der Waals surface area contributed by atoms with Crippen LogP contribution in [0.2, 0.25) is 0 Å². The Hall–Kier alpha value is -3.25. The van der Waals surface area contributed by atoms with Crippen molar-refractivity contribution < 1.29 is 34.2 Å². The molecule has 3 atom stereocenters. The van der Waals surface area contributed by atoms with Gasteiger partial charge in [0.15, 0.2) is 5.78 Å². The fourth-order valence-electron chi connectivity index (χ4n) is 4.23. The van der Waals surface area contributed by atoms with Gasteiger partial charge in [0.2, 0.25) is 11.8 Å². The molecule has 0 aromatic heterocycles. The number of aliphatic hydroxyl groups is 1. The summed E-state index contributed by atoms with van der Waals surface area (Å²) in [4.78, 5) is 51.4. The molecule has 0 saturated heterocycles. The van der Waals surface area contributed by atoms with Crippen molar-refractivity contribution in [3.05, 3.63) is 33.9 Å². The van der Waals surface area contributed by atoms with Crippen LogP contribution < -0.4 is 20.7 Å². The molecule has 12 nitrogen and oxygen atoms in total. The second-order valence-corrected chi connectivity index (χ2v) is 9.20. The lowest BCUT2D eigenvalue weighted by molar-refractivity contribution is -0.771. The summed E-state index contributed by atoms with van der Waals surface area (Å²) in [6, 6.07) is 4.78. The first-order valence-electron chi connectivity index (χ1n) is 12.7. The maximum atomic E-state index is 12.2. The Morgan fingerprint density at radius 2 is 1.95 bits per heavy atom. The van der Waals surface area contributed by atoms with Crippen LogP contribution in [0.25, 0.3) is 0 Å². The van der Waals surface area contributed by atoms with Gasteiger partial charge in [-0.05, 0) is 50.3 Å². The Balaban J connectivity index is 1.69. The molecule has 206 valence electrons. The van der Waals surface area contributed by atoms with Crippen molar-refractivity contribution in [1.82, 2.24) is 10.6 Å². The summed E-state index contributed by atoms with van der Waals surface area (Å²) in [7, 11) is 0. The van der Waals surface area contributed by atoms with E-state index < -0.39 is 17.3 Å². The quantitative estimate of drug-likeness (QED) is 0.110. The van der Waals surface area contributed by atoms with Crippen molar-refractivity contribution in [3.63, 3.8) is 0 Å². The van der Waals surface area contributed by atoms with Crippen molar-refractivity contribution in [2.24, 2.45) is 5.92 Å². The van der Waals surface area contributed by atoms with Gasteiger partial charge in [-0.1, -0.05) is 19.8 Å². The second kappa shape index (κ2) is 15.8. The molecule has 2 amide bonds. The highest BCUT2D eigenvalue weighted by molar-refractivity contribution is 5.99. The number of benzene rings is 1. The van der Waals surface area contributed by atoms with Gasteiger partial charge in [0, 0.05) is 38.2 Å². The molecular weight excluding hydrogens is 484 g/mol. The van der Waals surface area contributed by atoms with Crippen LogP contribution in [-0.2, 0) is 14.4 Å². The molecule has 0 bridgehead atoms. The van der Waals surface area contributed by atoms with Gasteiger partial charge in [-0.25, -0.2) is 0 Å². The second-order valence-electron chi connectivity index (χ2n) is 9.20. The van der Waals surface area contributed by atoms with Crippen LogP contribution in [0.5, 0.6) is 5.75 Å². The molecule has 0 aliphatic heterocycles. The van der Waals surface area contributed by atoms with Crippen LogP contribution in [0.4, 0.5) is 5.69 Å². The van der Waals surface area contributed by atoms with E-state index >= 15 is 0 Å². The number of hydrogen-bond acceptors (Lipinski definition) is 9. The molecule has 0 radical (unpaired) electrons. The predicted octanol–water partition coefficient (Wildman–Crippen LogP) is 2.23. The number of amides is 2. The van der Waals surface area contributed by atoms with Crippen LogP contribution in [0.15, 0.2) is 18.2 Å². The van der Waals surface area contributed by atoms with Gasteiger partial charge in [0.1, 0.15) is 24.6 Å². The van der Waals surface area contributed by atoms with Gasteiger partial charge in [-0.15, -0.1) is 10.1 Å². The van der Waals surface area contributed by atoms with Crippen LogP contribution >= 0.6 is 0 Å². The SMILES string of the molecule is CCCC(=O)Nc1ccc(OCC(O)CNCCNC(=O)CC2CCCCC2O[N+](=O)[O-])c(C(C)=O)c1. The molecule has 3 unspecified atom stereocenters. The summed E-state index contributed by atoms with van der Waals surface area (Å²) in [5.74, 6) is -0.414. The molecular formula is C25H38N4O8. The van der Waals surface area contributed by atoms with E-state index in [0.29, 0.717) is 49.4 Å². The number of carbonyl (C=O) groups excluding carboxylic acids is 3. The van der Waals surface area contributed by atoms with E-state index in [1.165, 1.54) is 6.92 Å². The van der Waals surface area contributed by atoms with Crippen molar-refractivity contribution in [2.75, 3.05) is 31.6 Å². The minimum atomic E-state index is -0.860. The maximum absolute atomic E-state index is 12.2. The smallest absolute Gasteiger partial charge is 0.294 e. The first-order chi connectivity index (χ1) is 17.7. The van der Waals surface area contributed by atoms with E-state index in [4.69, 9.17) is 9.57 Å². The minimum absolute atomic E-state index is 0.0549. The monoisotopic (exact) mass is 522 g/mol. The Morgan fingerprint density at radius 3 is 2.65 bits per heavy atom. The third kappa shape index (κ3) is 11.1. The minimum Gasteiger partial charge on any atom is -0.490 e. The van der Waals surface area contributed by atoms with Crippen molar-refractivity contribution >= 4 is 23.3 Å². The van der Waals surface area contributed by atoms with E-state index in [1.54, 1.807) is 18.2 Å². The standard InChI is InChI=1S/C25H38N4O8/c1-3-6-24(32)28-19-9-10-23(21(14-19)17(2)30)36-16-20(31)15-26-11-12-27-25(33)13-18-7-4-5-8-22(18)37-29(34)35/h9-10,14,18,20,22,26,31H,3-8,11-13,15-16H2,1-2H3,(H,27,33)(H,28,32). The average molecular weight is 523 g/mol. The molecule has 12 heteroatoms. The number of rotatable bonds is 16. The van der Waals surface area contributed by atoms with Crippen molar-refractivity contribution in [1.29, 1.82) is 0 Å². The highest BCUT2D eigenvalue weighted by Gasteiger charge is 2.29. The maximum Gasteiger partial charge on any atom is 0.294 e. The highest BCUT2D eigenvalue weighted by Crippen LogP contribution is 2.29. The van der Waals surface area contributed by atoms with E-state index in [2.05, 4.69) is 16.0 Å². The molecule has 1 aromatic carbocycles. The molecule has 0 spiro atoms. The summed E-state index contributed by atoms with van der Waals surface area (Å²) in [5.41, 5.74) is 0.811. The number of Topliss-reactive ketones (excluding diaryl/α,β-unsaturated/α-hetero) is 1. The van der Waals surface area contributed by atoms with Crippen LogP contribution in [-0.4, -0.2) is 66.2 Å². The Labute approximate surface area is 216 Å². The summed E-state index contributed by atoms with van der Waals surface area (Å²) in [6.45, 7) is 4.20. The number of hydrogen-bond donors (Lipinski definition) is 4. The normalized spacial score (nSPS) is 17.9. The van der Waals surface area contributed by atoms with Crippen molar-refractivity contribution in [2.45, 2.75) is 71.0 Å². The first kappa shape index (κ1) is 30.0. The average Bonchev–Trinajstić information content (AvgIpc) is 2.84. The van der Waals surface area contributed by atoms with Gasteiger partial charge in [0.25, 0.3) is 5.09 Å². The fourth-order valence-corrected chi connectivity index (χ4v) is 4.23. The molecule has 1 saturated carbocycles. The number of nitrogens with zero attached hydrogens (tertiary/aromatic N) is 1. The number of ketones is 1. The van der Waals surface area contributed by atoms with E-state index in [-0.39, 0.29) is 43.1 Å². The van der Waals surface area contributed by atoms with Crippen LogP contribution in [0, 0.1) is 16.0 Å². The molecule has 0 heterocycles. The number of carbonyl (C=O) groups is 3. The zero-order valence-electron chi connectivity index (χ0n) is 21.5. The number of ether oxygens (including phenoxy) is 1. The van der Waals surface area contributed by atoms with E-state index in [0.717, 1.165) is 19.3 Å². The summed E-state index contributed by atoms with van der Waals surface area (Å²) < 4.78 is 5.63. The largest absolute Gasteiger partial charge is 0.490 e. The molecule has 4 N–H and O–H groups in total. The van der Waals surface area contributed by atoms with Gasteiger partial charge < -0.3 is 30.6 Å². The van der Waals surface area contributed by atoms with Crippen LogP contribution in [0.1, 0.15) is 69.2 Å². The number of nitrogens with one attached hydrogen (secondary N) is 3. The van der Waals surface area contributed by atoms with E-state index in [9.17, 15) is 29.6 Å². The van der Waals surface area contributed by atoms with Gasteiger partial charge in [0.05, 0.1) is 5.56 Å². The Bertz CT molecular complexity index is 926. The Kier molecular flexibility index (Phi) is 12.8. The lowest BCUT2D eigenvalue weighted by Gasteiger charge is -2.29. The summed E-state index contributed by atoms with van der Waals surface area (Å²) in [6.07, 6.45) is 2.95. The number of aliphatic hydroxyl groups excluding tert-OH is 1. The third-order valence-corrected chi connectivity index (χ3v) is 6.06. The zero-order valence-corrected chi connectivity index (χ0v) is 21.5. The Morgan fingerprint density at radius 1 is 1.19 bits per heavy atom. The fraction of sp³-hybridized carbons (Fsp3) is 0.640. The topological polar surface area (TPSA) is 169 Å². The number of anilines is 1. The lowest BCUT2D eigenvalue weighted by atomic mass is 9.84. The summed E-state index contributed by atoms with van der Waals surface area (Å²) >= 11 is 0. The molecule has 1 aliphatic rings. The van der Waals surface area contributed by atoms with Crippen molar-refractivity contribution in [3.8, 4) is 5.75 Å². The molecule has 2 rings (SSSR count). The molecule has 1 aromatic rings. The summed E-state index contributed by atoms with van der Waals surface area (Å²) in [5, 5.41) is 28.6. The van der Waals surface area contributed by atoms with E-state index in [1.807, 2.05) is 6.92 Å². The lowest BCUT2D eigenvalue weighted by Crippen LogP contribution is -2.39. The third-order valence-electron chi connectivity index (χ3n) is 6.06. The molecule has 1 aliphatic carbocycles. The molecule has 1 fully saturated rings. The van der Waals surface area contributed by atoms with Gasteiger partial charge >= 0.3 is 0 Å². The van der Waals surface area contributed by atoms with Gasteiger partial charge in [-0.3, -0.25) is 14.4 Å². The zero-order chi connectivity index (χ0) is 27.2. The first-order valence-corrected chi connectivity index (χ1v) is 12.7. The van der Waals surface area contributed by atoms with Gasteiger partial charge in [-0.2, -0.15) is 0 Å². The predicted molar refractivity (Wildman–Crippen MR) is 136 cm³/mol. The van der Waals surface area contributed by atoms with Crippen LogP contribution in [0.3, 0.4) is 0 Å².